The van der Waals surface area contributed by atoms with Crippen molar-refractivity contribution in [2.45, 2.75) is 24.2 Å². The van der Waals surface area contributed by atoms with Crippen molar-refractivity contribution in [3.05, 3.63) is 35.9 Å². The third-order valence-electron chi connectivity index (χ3n) is 8.74. The van der Waals surface area contributed by atoms with E-state index < -0.39 is 5.72 Å². The molecule has 5 saturated carbocycles. The number of hydrogen-bond donors (Lipinski definition) is 1. The SMILES string of the molecule is N#C[C@]12C3C4CC5C6C4C1C6[C@@](O)(C53)N2Cc1ccccc1. The molecule has 2 saturated heterocycles. The van der Waals surface area contributed by atoms with E-state index in [0.717, 1.165) is 30.2 Å². The van der Waals surface area contributed by atoms with Gasteiger partial charge in [0.2, 0.25) is 0 Å². The molecule has 8 rings (SSSR count). The highest BCUT2D eigenvalue weighted by molar-refractivity contribution is 5.49. The molecule has 2 aliphatic heterocycles. The molecule has 1 aromatic carbocycles. The minimum atomic E-state index is -0.669. The maximum atomic E-state index is 11.7. The highest BCUT2D eigenvalue weighted by Gasteiger charge is 2.98. The Morgan fingerprint density at radius 2 is 1.82 bits per heavy atom. The quantitative estimate of drug-likeness (QED) is 0.904. The summed E-state index contributed by atoms with van der Waals surface area (Å²) in [6.07, 6.45) is 1.31. The Morgan fingerprint density at radius 3 is 2.59 bits per heavy atom. The molecular formula is C19H18N2O. The van der Waals surface area contributed by atoms with Crippen molar-refractivity contribution >= 4 is 0 Å². The van der Waals surface area contributed by atoms with Gasteiger partial charge in [0.15, 0.2) is 0 Å². The minimum Gasteiger partial charge on any atom is -0.375 e. The van der Waals surface area contributed by atoms with Gasteiger partial charge < -0.3 is 5.11 Å². The molecule has 0 spiro atoms. The van der Waals surface area contributed by atoms with Crippen LogP contribution in [-0.2, 0) is 6.54 Å². The molecule has 8 unspecified atom stereocenters. The van der Waals surface area contributed by atoms with Crippen molar-refractivity contribution < 1.29 is 5.11 Å². The van der Waals surface area contributed by atoms with Crippen molar-refractivity contribution in [3.63, 3.8) is 0 Å². The van der Waals surface area contributed by atoms with Crippen molar-refractivity contribution in [2.24, 2.45) is 47.3 Å². The van der Waals surface area contributed by atoms with Gasteiger partial charge in [-0.3, -0.25) is 4.90 Å². The second-order valence-corrected chi connectivity index (χ2v) is 8.61. The summed E-state index contributed by atoms with van der Waals surface area (Å²) in [5, 5.41) is 21.9. The number of benzene rings is 1. The molecule has 10 atom stereocenters. The lowest BCUT2D eigenvalue weighted by Crippen LogP contribution is -2.51. The number of rotatable bonds is 2. The molecule has 1 N–H and O–H groups in total. The molecule has 3 heteroatoms. The largest absolute Gasteiger partial charge is 0.375 e. The Morgan fingerprint density at radius 1 is 1.09 bits per heavy atom. The average Bonchev–Trinajstić information content (AvgIpc) is 3.13. The van der Waals surface area contributed by atoms with Crippen LogP contribution in [0.1, 0.15) is 12.0 Å². The summed E-state index contributed by atoms with van der Waals surface area (Å²) in [6.45, 7) is 0.740. The summed E-state index contributed by atoms with van der Waals surface area (Å²) in [4.78, 5) is 2.27. The van der Waals surface area contributed by atoms with Crippen LogP contribution in [-0.4, -0.2) is 21.3 Å². The molecule has 110 valence electrons. The van der Waals surface area contributed by atoms with E-state index in [-0.39, 0.29) is 5.54 Å². The lowest BCUT2D eigenvalue weighted by molar-refractivity contribution is -0.135. The van der Waals surface area contributed by atoms with Gasteiger partial charge in [0.25, 0.3) is 0 Å². The van der Waals surface area contributed by atoms with Crippen molar-refractivity contribution in [1.82, 2.24) is 4.90 Å². The average molecular weight is 290 g/mol. The van der Waals surface area contributed by atoms with Gasteiger partial charge in [-0.15, -0.1) is 0 Å². The summed E-state index contributed by atoms with van der Waals surface area (Å²) >= 11 is 0. The second-order valence-electron chi connectivity index (χ2n) is 8.61. The van der Waals surface area contributed by atoms with Crippen molar-refractivity contribution in [2.75, 3.05) is 0 Å². The molecule has 0 aromatic heterocycles. The fourth-order valence-electron chi connectivity index (χ4n) is 8.84. The lowest BCUT2D eigenvalue weighted by Gasteiger charge is -2.46. The van der Waals surface area contributed by atoms with Crippen LogP contribution in [0, 0.1) is 58.7 Å². The van der Waals surface area contributed by atoms with Crippen LogP contribution < -0.4 is 0 Å². The van der Waals surface area contributed by atoms with Crippen molar-refractivity contribution in [3.8, 4) is 6.07 Å². The number of hydrogen-bond acceptors (Lipinski definition) is 3. The van der Waals surface area contributed by atoms with Crippen LogP contribution in [0.15, 0.2) is 30.3 Å². The Balaban J connectivity index is 1.45. The first kappa shape index (κ1) is 11.2. The van der Waals surface area contributed by atoms with Gasteiger partial charge in [-0.2, -0.15) is 5.26 Å². The molecule has 4 bridgehead atoms. The van der Waals surface area contributed by atoms with Gasteiger partial charge in [-0.05, 0) is 35.7 Å². The predicted octanol–water partition coefficient (Wildman–Crippen LogP) is 1.84. The fourth-order valence-corrected chi connectivity index (χ4v) is 8.84. The van der Waals surface area contributed by atoms with Gasteiger partial charge in [0.05, 0.1) is 6.07 Å². The van der Waals surface area contributed by atoms with Gasteiger partial charge in [0, 0.05) is 30.2 Å². The maximum absolute atomic E-state index is 11.7. The number of nitrogens with zero attached hydrogens (tertiary/aromatic N) is 2. The third kappa shape index (κ3) is 0.721. The molecule has 2 heterocycles. The van der Waals surface area contributed by atoms with Crippen LogP contribution in [0.2, 0.25) is 0 Å². The fraction of sp³-hybridized carbons (Fsp3) is 0.632. The molecule has 7 fully saturated rings. The molecule has 7 aliphatic rings. The standard InChI is InChI=1S/C19H18N2O/c20-8-18-14-10-6-11-13-12(10)16(18)17(13)19(22,15(11)14)21(18)7-9-4-2-1-3-5-9/h1-5,10-17,22H,6-7H2/t10?,11?,12?,13?,14?,15?,16?,17?,18-,19-/m0/s1. The zero-order valence-corrected chi connectivity index (χ0v) is 12.3. The molecule has 0 radical (unpaired) electrons. The topological polar surface area (TPSA) is 47.3 Å². The third-order valence-corrected chi connectivity index (χ3v) is 8.74. The van der Waals surface area contributed by atoms with E-state index in [1.165, 1.54) is 12.0 Å². The predicted molar refractivity (Wildman–Crippen MR) is 77.8 cm³/mol. The van der Waals surface area contributed by atoms with Crippen molar-refractivity contribution in [1.29, 1.82) is 5.26 Å². The first-order chi connectivity index (χ1) is 10.7. The van der Waals surface area contributed by atoms with Crippen LogP contribution >= 0.6 is 0 Å². The zero-order chi connectivity index (χ0) is 14.4. The van der Waals surface area contributed by atoms with Crippen LogP contribution in [0.5, 0.6) is 0 Å². The van der Waals surface area contributed by atoms with Gasteiger partial charge in [-0.25, -0.2) is 0 Å². The Labute approximate surface area is 129 Å². The summed E-state index contributed by atoms with van der Waals surface area (Å²) in [6, 6.07) is 13.2. The van der Waals surface area contributed by atoms with Gasteiger partial charge >= 0.3 is 0 Å². The molecule has 0 amide bonds. The van der Waals surface area contributed by atoms with Crippen LogP contribution in [0.3, 0.4) is 0 Å². The van der Waals surface area contributed by atoms with Crippen LogP contribution in [0.4, 0.5) is 0 Å². The smallest absolute Gasteiger partial charge is 0.127 e. The summed E-state index contributed by atoms with van der Waals surface area (Å²) in [7, 11) is 0. The van der Waals surface area contributed by atoms with E-state index >= 15 is 0 Å². The summed E-state index contributed by atoms with van der Waals surface area (Å²) < 4.78 is 0. The molecule has 22 heavy (non-hydrogen) atoms. The van der Waals surface area contributed by atoms with E-state index in [0.29, 0.717) is 23.7 Å². The Kier molecular flexibility index (Phi) is 1.47. The Hall–Kier alpha value is -1.37. The maximum Gasteiger partial charge on any atom is 0.127 e. The molecular weight excluding hydrogens is 272 g/mol. The highest BCUT2D eigenvalue weighted by atomic mass is 16.3. The highest BCUT2D eigenvalue weighted by Crippen LogP contribution is 2.93. The number of nitriles is 1. The van der Waals surface area contributed by atoms with E-state index in [4.69, 9.17) is 0 Å². The van der Waals surface area contributed by atoms with E-state index in [1.807, 2.05) is 6.07 Å². The van der Waals surface area contributed by atoms with Gasteiger partial charge in [0.1, 0.15) is 11.3 Å². The molecule has 3 nitrogen and oxygen atoms in total. The summed E-state index contributed by atoms with van der Waals surface area (Å²) in [5.41, 5.74) is 0.210. The normalized spacial score (nSPS) is 63.8. The lowest BCUT2D eigenvalue weighted by atomic mass is 9.57. The van der Waals surface area contributed by atoms with E-state index in [9.17, 15) is 10.4 Å². The van der Waals surface area contributed by atoms with Gasteiger partial charge in [-0.1, -0.05) is 30.3 Å². The Bertz CT molecular complexity index is 771. The second kappa shape index (κ2) is 2.88. The van der Waals surface area contributed by atoms with E-state index in [1.54, 1.807) is 0 Å². The van der Waals surface area contributed by atoms with E-state index in [2.05, 4.69) is 35.2 Å². The number of aliphatic hydroxyl groups is 1. The van der Waals surface area contributed by atoms with Crippen LogP contribution in [0.25, 0.3) is 0 Å². The summed E-state index contributed by atoms with van der Waals surface area (Å²) in [5.74, 6) is 4.71. The first-order valence-corrected chi connectivity index (χ1v) is 8.70. The zero-order valence-electron chi connectivity index (χ0n) is 12.3. The molecule has 5 aliphatic carbocycles. The minimum absolute atomic E-state index is 0.350. The first-order valence-electron chi connectivity index (χ1n) is 8.70. The molecule has 1 aromatic rings. The monoisotopic (exact) mass is 290 g/mol.